The van der Waals surface area contributed by atoms with Gasteiger partial charge in [-0.3, -0.25) is 0 Å². The van der Waals surface area contributed by atoms with Gasteiger partial charge < -0.3 is 9.73 Å². The molecule has 0 amide bonds. The highest BCUT2D eigenvalue weighted by atomic mass is 16.3. The van der Waals surface area contributed by atoms with Crippen LogP contribution in [0.2, 0.25) is 0 Å². The van der Waals surface area contributed by atoms with E-state index in [1.807, 2.05) is 6.26 Å². The molecular weight excluding hydrogens is 234 g/mol. The van der Waals surface area contributed by atoms with Crippen molar-refractivity contribution < 1.29 is 4.42 Å². The average Bonchev–Trinajstić information content (AvgIpc) is 2.94. The smallest absolute Gasteiger partial charge is 0.0950 e. The molecule has 19 heavy (non-hydrogen) atoms. The van der Waals surface area contributed by atoms with Crippen LogP contribution < -0.4 is 5.32 Å². The summed E-state index contributed by atoms with van der Waals surface area (Å²) in [6.07, 6.45) is 10.4. The standard InChI is InChI=1S/C17H29NO/c1-4-10-18-17(16-9-11-19-12-16)15-7-5-14(6-8-15)13(2)3/h9,11-15,17-18H,4-8,10H2,1-3H3. The molecule has 0 aliphatic heterocycles. The van der Waals surface area contributed by atoms with Crippen LogP contribution in [0.25, 0.3) is 0 Å². The summed E-state index contributed by atoms with van der Waals surface area (Å²) in [6.45, 7) is 8.07. The zero-order chi connectivity index (χ0) is 13.7. The van der Waals surface area contributed by atoms with Gasteiger partial charge in [-0.05, 0) is 62.5 Å². The van der Waals surface area contributed by atoms with Crippen LogP contribution in [0, 0.1) is 17.8 Å². The third kappa shape index (κ3) is 3.85. The summed E-state index contributed by atoms with van der Waals surface area (Å²) >= 11 is 0. The molecule has 0 aromatic carbocycles. The van der Waals surface area contributed by atoms with Crippen molar-refractivity contribution in [2.75, 3.05) is 6.54 Å². The fourth-order valence-corrected chi connectivity index (χ4v) is 3.45. The number of nitrogens with one attached hydrogen (secondary N) is 1. The van der Waals surface area contributed by atoms with E-state index >= 15 is 0 Å². The van der Waals surface area contributed by atoms with Crippen molar-refractivity contribution >= 4 is 0 Å². The van der Waals surface area contributed by atoms with Crippen LogP contribution in [0.3, 0.4) is 0 Å². The number of hydrogen-bond acceptors (Lipinski definition) is 2. The SMILES string of the molecule is CCCNC(c1ccoc1)C1CCC(C(C)C)CC1. The van der Waals surface area contributed by atoms with Crippen molar-refractivity contribution in [1.82, 2.24) is 5.32 Å². The minimum atomic E-state index is 0.492. The highest BCUT2D eigenvalue weighted by Crippen LogP contribution is 2.39. The van der Waals surface area contributed by atoms with Gasteiger partial charge in [-0.25, -0.2) is 0 Å². The van der Waals surface area contributed by atoms with Crippen molar-refractivity contribution in [1.29, 1.82) is 0 Å². The van der Waals surface area contributed by atoms with Crippen molar-refractivity contribution in [3.05, 3.63) is 24.2 Å². The molecule has 1 atom stereocenters. The molecule has 1 aliphatic carbocycles. The topological polar surface area (TPSA) is 25.2 Å². The lowest BCUT2D eigenvalue weighted by atomic mass is 9.73. The van der Waals surface area contributed by atoms with E-state index in [9.17, 15) is 0 Å². The first-order chi connectivity index (χ1) is 9.22. The normalized spacial score (nSPS) is 25.7. The molecule has 1 aromatic rings. The second kappa shape index (κ2) is 7.14. The van der Waals surface area contributed by atoms with Crippen LogP contribution in [0.1, 0.15) is 64.5 Å². The number of furan rings is 1. The second-order valence-corrected chi connectivity index (χ2v) is 6.41. The Balaban J connectivity index is 1.96. The zero-order valence-electron chi connectivity index (χ0n) is 12.7. The van der Waals surface area contributed by atoms with Gasteiger partial charge in [-0.2, -0.15) is 0 Å². The van der Waals surface area contributed by atoms with Crippen molar-refractivity contribution in [3.8, 4) is 0 Å². The van der Waals surface area contributed by atoms with Gasteiger partial charge in [0, 0.05) is 11.6 Å². The fourth-order valence-electron chi connectivity index (χ4n) is 3.45. The van der Waals surface area contributed by atoms with Crippen LogP contribution in [-0.2, 0) is 0 Å². The van der Waals surface area contributed by atoms with Crippen molar-refractivity contribution in [2.24, 2.45) is 17.8 Å². The first-order valence-electron chi connectivity index (χ1n) is 7.97. The summed E-state index contributed by atoms with van der Waals surface area (Å²) in [5, 5.41) is 3.73. The maximum Gasteiger partial charge on any atom is 0.0950 e. The third-order valence-corrected chi connectivity index (χ3v) is 4.75. The lowest BCUT2D eigenvalue weighted by Crippen LogP contribution is -2.32. The van der Waals surface area contributed by atoms with Crippen LogP contribution in [-0.4, -0.2) is 6.54 Å². The van der Waals surface area contributed by atoms with Gasteiger partial charge in [0.05, 0.1) is 12.5 Å². The predicted molar refractivity (Wildman–Crippen MR) is 80.0 cm³/mol. The van der Waals surface area contributed by atoms with Gasteiger partial charge in [0.2, 0.25) is 0 Å². The summed E-state index contributed by atoms with van der Waals surface area (Å²) in [5.41, 5.74) is 1.33. The molecule has 0 spiro atoms. The molecule has 1 unspecified atom stereocenters. The summed E-state index contributed by atoms with van der Waals surface area (Å²) in [7, 11) is 0. The molecule has 1 fully saturated rings. The Morgan fingerprint density at radius 1 is 1.21 bits per heavy atom. The minimum Gasteiger partial charge on any atom is -0.472 e. The quantitative estimate of drug-likeness (QED) is 0.798. The Hall–Kier alpha value is -0.760. The number of hydrogen-bond donors (Lipinski definition) is 1. The van der Waals surface area contributed by atoms with E-state index in [4.69, 9.17) is 4.42 Å². The maximum absolute atomic E-state index is 5.29. The highest BCUT2D eigenvalue weighted by Gasteiger charge is 2.29. The Kier molecular flexibility index (Phi) is 5.50. The summed E-state index contributed by atoms with van der Waals surface area (Å²) in [5.74, 6) is 2.56. The lowest BCUT2D eigenvalue weighted by molar-refractivity contribution is 0.188. The average molecular weight is 263 g/mol. The van der Waals surface area contributed by atoms with E-state index in [2.05, 4.69) is 32.2 Å². The van der Waals surface area contributed by atoms with Crippen LogP contribution in [0.5, 0.6) is 0 Å². The van der Waals surface area contributed by atoms with Crippen LogP contribution in [0.15, 0.2) is 23.0 Å². The molecule has 1 saturated carbocycles. The third-order valence-electron chi connectivity index (χ3n) is 4.75. The highest BCUT2D eigenvalue weighted by molar-refractivity contribution is 5.13. The Morgan fingerprint density at radius 2 is 1.89 bits per heavy atom. The lowest BCUT2D eigenvalue weighted by Gasteiger charge is -2.35. The van der Waals surface area contributed by atoms with Gasteiger partial charge in [0.1, 0.15) is 0 Å². The molecule has 1 N–H and O–H groups in total. The largest absolute Gasteiger partial charge is 0.472 e. The van der Waals surface area contributed by atoms with Gasteiger partial charge in [0.15, 0.2) is 0 Å². The van der Waals surface area contributed by atoms with E-state index < -0.39 is 0 Å². The maximum atomic E-state index is 5.29. The molecular formula is C17H29NO. The van der Waals surface area contributed by atoms with Crippen LogP contribution in [0.4, 0.5) is 0 Å². The molecule has 1 aliphatic rings. The summed E-state index contributed by atoms with van der Waals surface area (Å²) < 4.78 is 5.29. The van der Waals surface area contributed by atoms with E-state index in [0.717, 1.165) is 24.3 Å². The molecule has 2 rings (SSSR count). The van der Waals surface area contributed by atoms with E-state index in [1.54, 1.807) is 6.26 Å². The molecule has 1 heterocycles. The Bertz CT molecular complexity index is 336. The molecule has 0 radical (unpaired) electrons. The van der Waals surface area contributed by atoms with Crippen molar-refractivity contribution in [2.45, 2.75) is 58.9 Å². The summed E-state index contributed by atoms with van der Waals surface area (Å²) in [6, 6.07) is 2.62. The molecule has 0 saturated heterocycles. The van der Waals surface area contributed by atoms with Crippen LogP contribution >= 0.6 is 0 Å². The second-order valence-electron chi connectivity index (χ2n) is 6.41. The van der Waals surface area contributed by atoms with E-state index in [0.29, 0.717) is 6.04 Å². The molecule has 1 aromatic heterocycles. The first kappa shape index (κ1) is 14.6. The fraction of sp³-hybridized carbons (Fsp3) is 0.765. The monoisotopic (exact) mass is 263 g/mol. The molecule has 108 valence electrons. The van der Waals surface area contributed by atoms with Gasteiger partial charge in [-0.15, -0.1) is 0 Å². The van der Waals surface area contributed by atoms with Gasteiger partial charge in [0.25, 0.3) is 0 Å². The minimum absolute atomic E-state index is 0.492. The Labute approximate surface area is 118 Å². The predicted octanol–water partition coefficient (Wildman–Crippen LogP) is 4.78. The summed E-state index contributed by atoms with van der Waals surface area (Å²) in [4.78, 5) is 0. The van der Waals surface area contributed by atoms with E-state index in [1.165, 1.54) is 37.7 Å². The van der Waals surface area contributed by atoms with Gasteiger partial charge >= 0.3 is 0 Å². The first-order valence-corrected chi connectivity index (χ1v) is 7.97. The molecule has 2 nitrogen and oxygen atoms in total. The zero-order valence-corrected chi connectivity index (χ0v) is 12.7. The van der Waals surface area contributed by atoms with Crippen molar-refractivity contribution in [3.63, 3.8) is 0 Å². The van der Waals surface area contributed by atoms with E-state index in [-0.39, 0.29) is 0 Å². The number of rotatable bonds is 6. The molecule has 2 heteroatoms. The van der Waals surface area contributed by atoms with Gasteiger partial charge in [-0.1, -0.05) is 20.8 Å². The molecule has 0 bridgehead atoms. The Morgan fingerprint density at radius 3 is 2.42 bits per heavy atom.